The van der Waals surface area contributed by atoms with Gasteiger partial charge in [-0.15, -0.1) is 0 Å². The maximum absolute atomic E-state index is 11.3. The lowest BCUT2D eigenvalue weighted by molar-refractivity contribution is -0.124. The Balaban J connectivity index is 2.65. The number of aryl methyl sites for hydroxylation is 1. The lowest BCUT2D eigenvalue weighted by atomic mass is 10.0. The first-order valence-electron chi connectivity index (χ1n) is 5.32. The van der Waals surface area contributed by atoms with Gasteiger partial charge in [0.05, 0.1) is 18.4 Å². The van der Waals surface area contributed by atoms with Crippen LogP contribution in [0.4, 0.5) is 0 Å². The first-order valence-corrected chi connectivity index (χ1v) is 5.32. The van der Waals surface area contributed by atoms with Gasteiger partial charge in [0.25, 0.3) is 0 Å². The van der Waals surface area contributed by atoms with E-state index >= 15 is 0 Å². The van der Waals surface area contributed by atoms with E-state index in [4.69, 9.17) is 4.74 Å². The van der Waals surface area contributed by atoms with Crippen LogP contribution in [-0.2, 0) is 23.1 Å². The van der Waals surface area contributed by atoms with Gasteiger partial charge in [-0.1, -0.05) is 13.8 Å². The summed E-state index contributed by atoms with van der Waals surface area (Å²) in [6, 6.07) is 0. The van der Waals surface area contributed by atoms with Crippen molar-refractivity contribution in [3.05, 3.63) is 17.5 Å². The van der Waals surface area contributed by atoms with Gasteiger partial charge in [-0.2, -0.15) is 5.10 Å². The van der Waals surface area contributed by atoms with Crippen LogP contribution >= 0.6 is 0 Å². The minimum absolute atomic E-state index is 0.0921. The summed E-state index contributed by atoms with van der Waals surface area (Å²) in [7, 11) is 3.38. The van der Waals surface area contributed by atoms with Crippen LogP contribution in [0.15, 0.2) is 6.20 Å². The van der Waals surface area contributed by atoms with Gasteiger partial charge < -0.3 is 10.1 Å². The van der Waals surface area contributed by atoms with Crippen LogP contribution in [0.5, 0.6) is 0 Å². The zero-order valence-electron chi connectivity index (χ0n) is 10.3. The number of hydrogen-bond acceptors (Lipinski definition) is 3. The lowest BCUT2D eigenvalue weighted by Gasteiger charge is -2.09. The van der Waals surface area contributed by atoms with E-state index in [0.29, 0.717) is 12.5 Å². The number of aromatic nitrogens is 2. The van der Waals surface area contributed by atoms with Crippen LogP contribution in [0.2, 0.25) is 0 Å². The Hall–Kier alpha value is -1.36. The maximum Gasteiger partial charge on any atom is 0.246 e. The van der Waals surface area contributed by atoms with Crippen LogP contribution in [-0.4, -0.2) is 29.4 Å². The van der Waals surface area contributed by atoms with E-state index in [-0.39, 0.29) is 12.5 Å². The molecule has 0 aliphatic carbocycles. The Labute approximate surface area is 95.8 Å². The first-order chi connectivity index (χ1) is 7.56. The van der Waals surface area contributed by atoms with E-state index in [2.05, 4.69) is 24.3 Å². The number of nitrogens with zero attached hydrogens (tertiary/aromatic N) is 2. The molecule has 0 aromatic carbocycles. The Kier molecular flexibility index (Phi) is 4.49. The fourth-order valence-corrected chi connectivity index (χ4v) is 1.54. The van der Waals surface area contributed by atoms with Gasteiger partial charge in [0.15, 0.2) is 0 Å². The van der Waals surface area contributed by atoms with Crippen molar-refractivity contribution in [3.8, 4) is 0 Å². The number of ether oxygens (including phenoxy) is 1. The molecule has 0 spiro atoms. The molecule has 1 aromatic heterocycles. The molecular formula is C11H19N3O2. The van der Waals surface area contributed by atoms with Crippen molar-refractivity contribution < 1.29 is 9.53 Å². The van der Waals surface area contributed by atoms with E-state index < -0.39 is 0 Å². The van der Waals surface area contributed by atoms with Crippen molar-refractivity contribution in [2.24, 2.45) is 7.05 Å². The van der Waals surface area contributed by atoms with Gasteiger partial charge in [-0.25, -0.2) is 0 Å². The van der Waals surface area contributed by atoms with Crippen molar-refractivity contribution in [1.29, 1.82) is 0 Å². The third-order valence-electron chi connectivity index (χ3n) is 2.44. The van der Waals surface area contributed by atoms with E-state index in [1.165, 1.54) is 12.7 Å². The second kappa shape index (κ2) is 5.65. The molecule has 0 radical (unpaired) electrons. The molecule has 0 bridgehead atoms. The predicted molar refractivity (Wildman–Crippen MR) is 61.0 cm³/mol. The maximum atomic E-state index is 11.3. The zero-order chi connectivity index (χ0) is 12.1. The van der Waals surface area contributed by atoms with E-state index in [1.54, 1.807) is 4.68 Å². The van der Waals surface area contributed by atoms with E-state index in [1.807, 2.05) is 13.2 Å². The SMILES string of the molecule is COCC(=O)NCc1c(C(C)C)cnn1C. The highest BCUT2D eigenvalue weighted by Crippen LogP contribution is 2.18. The summed E-state index contributed by atoms with van der Waals surface area (Å²) in [5, 5.41) is 6.99. The van der Waals surface area contributed by atoms with Gasteiger partial charge in [0.2, 0.25) is 5.91 Å². The van der Waals surface area contributed by atoms with Gasteiger partial charge in [0.1, 0.15) is 6.61 Å². The Morgan fingerprint density at radius 2 is 2.31 bits per heavy atom. The molecule has 0 fully saturated rings. The highest BCUT2D eigenvalue weighted by Gasteiger charge is 2.12. The van der Waals surface area contributed by atoms with Crippen molar-refractivity contribution in [3.63, 3.8) is 0 Å². The molecule has 0 unspecified atom stereocenters. The summed E-state index contributed by atoms with van der Waals surface area (Å²) in [5.41, 5.74) is 2.21. The van der Waals surface area contributed by atoms with Crippen LogP contribution in [0.1, 0.15) is 31.0 Å². The first kappa shape index (κ1) is 12.7. The summed E-state index contributed by atoms with van der Waals surface area (Å²) < 4.78 is 6.54. The minimum atomic E-state index is -0.113. The van der Waals surface area contributed by atoms with Gasteiger partial charge in [-0.3, -0.25) is 9.48 Å². The molecule has 0 atom stereocenters. The third-order valence-corrected chi connectivity index (χ3v) is 2.44. The molecule has 16 heavy (non-hydrogen) atoms. The smallest absolute Gasteiger partial charge is 0.246 e. The summed E-state index contributed by atoms with van der Waals surface area (Å²) in [6.45, 7) is 4.80. The molecule has 1 rings (SSSR count). The summed E-state index contributed by atoms with van der Waals surface area (Å²) in [5.74, 6) is 0.293. The van der Waals surface area contributed by atoms with Gasteiger partial charge >= 0.3 is 0 Å². The minimum Gasteiger partial charge on any atom is -0.375 e. The summed E-state index contributed by atoms with van der Waals surface area (Å²) in [4.78, 5) is 11.3. The molecule has 0 saturated carbocycles. The molecule has 0 aliphatic rings. The van der Waals surface area contributed by atoms with Gasteiger partial charge in [-0.05, 0) is 11.5 Å². The number of nitrogens with one attached hydrogen (secondary N) is 1. The molecule has 90 valence electrons. The Bertz CT molecular complexity index is 358. The fourth-order valence-electron chi connectivity index (χ4n) is 1.54. The summed E-state index contributed by atoms with van der Waals surface area (Å²) >= 11 is 0. The average molecular weight is 225 g/mol. The Morgan fingerprint density at radius 3 is 2.88 bits per heavy atom. The number of carbonyl (C=O) groups is 1. The topological polar surface area (TPSA) is 56.1 Å². The van der Waals surface area contributed by atoms with E-state index in [0.717, 1.165) is 5.69 Å². The molecule has 0 aliphatic heterocycles. The predicted octanol–water partition coefficient (Wildman–Crippen LogP) is 0.806. The second-order valence-corrected chi connectivity index (χ2v) is 4.03. The molecule has 1 N–H and O–H groups in total. The molecule has 0 saturated heterocycles. The fraction of sp³-hybridized carbons (Fsp3) is 0.636. The number of carbonyl (C=O) groups excluding carboxylic acids is 1. The van der Waals surface area contributed by atoms with Crippen molar-refractivity contribution in [2.75, 3.05) is 13.7 Å². The summed E-state index contributed by atoms with van der Waals surface area (Å²) in [6.07, 6.45) is 1.85. The largest absolute Gasteiger partial charge is 0.375 e. The van der Waals surface area contributed by atoms with Crippen molar-refractivity contribution >= 4 is 5.91 Å². The second-order valence-electron chi connectivity index (χ2n) is 4.03. The monoisotopic (exact) mass is 225 g/mol. The number of rotatable bonds is 5. The molecular weight excluding hydrogens is 206 g/mol. The van der Waals surface area contributed by atoms with Crippen LogP contribution in [0.25, 0.3) is 0 Å². The average Bonchev–Trinajstić information content (AvgIpc) is 2.57. The molecule has 1 amide bonds. The van der Waals surface area contributed by atoms with Crippen molar-refractivity contribution in [1.82, 2.24) is 15.1 Å². The van der Waals surface area contributed by atoms with Crippen LogP contribution in [0.3, 0.4) is 0 Å². The van der Waals surface area contributed by atoms with Crippen LogP contribution < -0.4 is 5.32 Å². The molecule has 5 heteroatoms. The van der Waals surface area contributed by atoms with Gasteiger partial charge in [0, 0.05) is 14.2 Å². The standard InChI is InChI=1S/C11H19N3O2/c1-8(2)9-5-13-14(3)10(9)6-12-11(15)7-16-4/h5,8H,6-7H2,1-4H3,(H,12,15). The molecule has 1 aromatic rings. The molecule has 1 heterocycles. The van der Waals surface area contributed by atoms with Crippen LogP contribution in [0, 0.1) is 0 Å². The highest BCUT2D eigenvalue weighted by molar-refractivity contribution is 5.77. The number of hydrogen-bond donors (Lipinski definition) is 1. The quantitative estimate of drug-likeness (QED) is 0.806. The normalized spacial score (nSPS) is 10.8. The third kappa shape index (κ3) is 3.06. The lowest BCUT2D eigenvalue weighted by Crippen LogP contribution is -2.28. The Morgan fingerprint density at radius 1 is 1.62 bits per heavy atom. The molecule has 5 nitrogen and oxygen atoms in total. The van der Waals surface area contributed by atoms with E-state index in [9.17, 15) is 4.79 Å². The number of methoxy groups -OCH3 is 1. The van der Waals surface area contributed by atoms with Crippen molar-refractivity contribution in [2.45, 2.75) is 26.3 Å². The number of amides is 1. The highest BCUT2D eigenvalue weighted by atomic mass is 16.5. The zero-order valence-corrected chi connectivity index (χ0v) is 10.3.